The Morgan fingerprint density at radius 3 is 1.65 bits per heavy atom. The van der Waals surface area contributed by atoms with Gasteiger partial charge < -0.3 is 0 Å². The van der Waals surface area contributed by atoms with E-state index in [4.69, 9.17) is 0 Å². The maximum Gasteiger partial charge on any atom is 0.250 e. The molecule has 0 spiro atoms. The van der Waals surface area contributed by atoms with Crippen molar-refractivity contribution in [1.29, 1.82) is 0 Å². The molecule has 2 nitrogen and oxygen atoms in total. The molecule has 9 aromatic rings. The molecule has 2 aromatic heterocycles. The van der Waals surface area contributed by atoms with E-state index in [1.54, 1.807) is 0 Å². The van der Waals surface area contributed by atoms with Gasteiger partial charge in [0.1, 0.15) is 5.65 Å². The van der Waals surface area contributed by atoms with Crippen molar-refractivity contribution < 1.29 is 0 Å². The third-order valence-corrected chi connectivity index (χ3v) is 12.1. The number of imidazole rings is 1. The Kier molecular flexibility index (Phi) is 6.56. The second-order valence-corrected chi connectivity index (χ2v) is 16.1. The Morgan fingerprint density at radius 1 is 0.481 bits per heavy atom. The number of aromatic nitrogens is 2. The molecule has 2 aliphatic heterocycles. The SMILES string of the molecule is Cc1c2c3n(c(-c4ccccc4)c(-c4ccccc4)n3c1-c1ccccc1)-c1cc(C(C)(C)C)cc3c1B2c1cccc2c(-c4ccccc4)ccc-3c12. The third-order valence-electron chi connectivity index (χ3n) is 12.1. The first-order valence-corrected chi connectivity index (χ1v) is 19.2. The summed E-state index contributed by atoms with van der Waals surface area (Å²) in [6.07, 6.45) is 0. The number of rotatable bonds is 4. The van der Waals surface area contributed by atoms with Crippen molar-refractivity contribution in [2.45, 2.75) is 33.1 Å². The van der Waals surface area contributed by atoms with Crippen LogP contribution in [0.3, 0.4) is 0 Å². The summed E-state index contributed by atoms with van der Waals surface area (Å²) in [5.74, 6) is 0. The number of benzene rings is 7. The molecule has 54 heavy (non-hydrogen) atoms. The van der Waals surface area contributed by atoms with Gasteiger partial charge >= 0.3 is 0 Å². The van der Waals surface area contributed by atoms with Gasteiger partial charge in [0.05, 0.1) is 17.1 Å². The zero-order valence-corrected chi connectivity index (χ0v) is 31.1. The van der Waals surface area contributed by atoms with Crippen molar-refractivity contribution in [1.82, 2.24) is 8.97 Å². The second-order valence-electron chi connectivity index (χ2n) is 16.1. The van der Waals surface area contributed by atoms with Crippen molar-refractivity contribution in [3.63, 3.8) is 0 Å². The van der Waals surface area contributed by atoms with Gasteiger partial charge in [0.15, 0.2) is 0 Å². The lowest BCUT2D eigenvalue weighted by Crippen LogP contribution is -2.59. The summed E-state index contributed by atoms with van der Waals surface area (Å²) in [6, 6.07) is 60.9. The van der Waals surface area contributed by atoms with E-state index in [-0.39, 0.29) is 12.1 Å². The van der Waals surface area contributed by atoms with Gasteiger partial charge in [0.2, 0.25) is 0 Å². The lowest BCUT2D eigenvalue weighted by molar-refractivity contribution is 0.590. The van der Waals surface area contributed by atoms with Crippen LogP contribution in [-0.2, 0) is 5.41 Å². The molecule has 0 N–H and O–H groups in total. The predicted octanol–water partition coefficient (Wildman–Crippen LogP) is 11.0. The van der Waals surface area contributed by atoms with Crippen LogP contribution in [0.15, 0.2) is 164 Å². The highest BCUT2D eigenvalue weighted by atomic mass is 15.2. The standard InChI is InChI=1S/C51H39BN2/c1-32-45-50-53(48(35-22-13-7-14-23-35)49(36-24-15-8-16-25-36)54(50)47(32)34-20-11-6-12-21-34)43-31-37(51(2,3)4)30-41-40-29-28-38(33-18-9-5-10-19-33)39-26-17-27-42(44(39)40)52(45)46(41)43/h5-31H,1-4H3. The smallest absolute Gasteiger partial charge is 0.250 e. The first-order chi connectivity index (χ1) is 26.4. The third kappa shape index (κ3) is 4.24. The maximum atomic E-state index is 2.64. The van der Waals surface area contributed by atoms with Crippen molar-refractivity contribution in [2.24, 2.45) is 0 Å². The van der Waals surface area contributed by atoms with Gasteiger partial charge in [-0.2, -0.15) is 0 Å². The van der Waals surface area contributed by atoms with Crippen molar-refractivity contribution >= 4 is 39.5 Å². The molecule has 0 saturated carbocycles. The lowest BCUT2D eigenvalue weighted by Gasteiger charge is -2.35. The molecule has 0 saturated heterocycles. The minimum Gasteiger partial charge on any atom is -0.294 e. The molecule has 0 fully saturated rings. The first-order valence-electron chi connectivity index (χ1n) is 19.2. The molecule has 11 rings (SSSR count). The fourth-order valence-electron chi connectivity index (χ4n) is 9.70. The molecule has 2 aliphatic rings. The number of nitrogens with zero attached hydrogens (tertiary/aromatic N) is 2. The molecule has 3 heteroatoms. The topological polar surface area (TPSA) is 9.34 Å². The fraction of sp³-hybridized carbons (Fsp3) is 0.0980. The minimum atomic E-state index is -0.0624. The molecular weight excluding hydrogens is 651 g/mol. The van der Waals surface area contributed by atoms with Crippen LogP contribution in [0.25, 0.3) is 78.1 Å². The molecular formula is C51H39BN2. The van der Waals surface area contributed by atoms with Gasteiger partial charge in [-0.3, -0.25) is 8.97 Å². The van der Waals surface area contributed by atoms with Gasteiger partial charge in [-0.05, 0) is 79.0 Å². The van der Waals surface area contributed by atoms with E-state index >= 15 is 0 Å². The number of fused-ring (bicyclic) bond motifs is 4. The molecule has 0 radical (unpaired) electrons. The van der Waals surface area contributed by atoms with E-state index in [1.807, 2.05) is 0 Å². The van der Waals surface area contributed by atoms with E-state index in [2.05, 4.69) is 200 Å². The highest BCUT2D eigenvalue weighted by Crippen LogP contribution is 2.46. The summed E-state index contributed by atoms with van der Waals surface area (Å²) in [5, 5.41) is 2.69. The summed E-state index contributed by atoms with van der Waals surface area (Å²) < 4.78 is 5.25. The fourth-order valence-corrected chi connectivity index (χ4v) is 9.70. The van der Waals surface area contributed by atoms with Gasteiger partial charge in [0.25, 0.3) is 6.71 Å². The minimum absolute atomic E-state index is 0.0624. The van der Waals surface area contributed by atoms with E-state index < -0.39 is 0 Å². The lowest BCUT2D eigenvalue weighted by atomic mass is 9.32. The second kappa shape index (κ2) is 11.3. The van der Waals surface area contributed by atoms with Gasteiger partial charge in [0, 0.05) is 16.8 Å². The van der Waals surface area contributed by atoms with Crippen LogP contribution in [-0.4, -0.2) is 15.7 Å². The van der Waals surface area contributed by atoms with E-state index in [9.17, 15) is 0 Å². The van der Waals surface area contributed by atoms with Crippen molar-refractivity contribution in [3.05, 3.63) is 175 Å². The Labute approximate surface area is 317 Å². The van der Waals surface area contributed by atoms with Crippen LogP contribution in [0, 0.1) is 6.92 Å². The summed E-state index contributed by atoms with van der Waals surface area (Å²) in [5.41, 5.74) is 21.9. The highest BCUT2D eigenvalue weighted by molar-refractivity contribution is 7.01. The normalized spacial score (nSPS) is 12.8. The summed E-state index contributed by atoms with van der Waals surface area (Å²) >= 11 is 0. The molecule has 0 bridgehead atoms. The van der Waals surface area contributed by atoms with Crippen LogP contribution in [0.5, 0.6) is 0 Å². The Hall–Kier alpha value is -6.32. The average molecular weight is 691 g/mol. The summed E-state index contributed by atoms with van der Waals surface area (Å²) in [6.45, 7) is 9.49. The molecule has 0 unspecified atom stereocenters. The van der Waals surface area contributed by atoms with Crippen LogP contribution in [0.4, 0.5) is 0 Å². The quantitative estimate of drug-likeness (QED) is 0.163. The van der Waals surface area contributed by atoms with Gasteiger partial charge in [-0.15, -0.1) is 0 Å². The zero-order valence-electron chi connectivity index (χ0n) is 31.1. The highest BCUT2D eigenvalue weighted by Gasteiger charge is 2.44. The monoisotopic (exact) mass is 690 g/mol. The molecule has 256 valence electrons. The largest absolute Gasteiger partial charge is 0.294 e. The Balaban J connectivity index is 1.38. The predicted molar refractivity (Wildman–Crippen MR) is 230 cm³/mol. The van der Waals surface area contributed by atoms with Crippen molar-refractivity contribution in [2.75, 3.05) is 0 Å². The summed E-state index contributed by atoms with van der Waals surface area (Å²) in [7, 11) is 0. The summed E-state index contributed by atoms with van der Waals surface area (Å²) in [4.78, 5) is 0. The molecule has 0 amide bonds. The Morgan fingerprint density at radius 2 is 1.04 bits per heavy atom. The van der Waals surface area contributed by atoms with E-state index in [1.165, 1.54) is 106 Å². The van der Waals surface area contributed by atoms with Crippen LogP contribution in [0.2, 0.25) is 0 Å². The van der Waals surface area contributed by atoms with E-state index in [0.29, 0.717) is 0 Å². The molecule has 4 heterocycles. The number of hydrogen-bond acceptors (Lipinski definition) is 0. The van der Waals surface area contributed by atoms with Crippen LogP contribution in [0.1, 0.15) is 31.9 Å². The molecule has 0 aliphatic carbocycles. The first kappa shape index (κ1) is 31.2. The Bertz CT molecular complexity index is 2950. The zero-order chi connectivity index (χ0) is 36.3. The molecule has 0 atom stereocenters. The van der Waals surface area contributed by atoms with Gasteiger partial charge in [-0.1, -0.05) is 184 Å². The van der Waals surface area contributed by atoms with Crippen LogP contribution < -0.4 is 16.4 Å². The average Bonchev–Trinajstić information content (AvgIpc) is 3.71. The number of hydrogen-bond donors (Lipinski definition) is 0. The van der Waals surface area contributed by atoms with Gasteiger partial charge in [-0.25, -0.2) is 0 Å². The van der Waals surface area contributed by atoms with Crippen LogP contribution >= 0.6 is 0 Å². The van der Waals surface area contributed by atoms with E-state index in [0.717, 1.165) is 0 Å². The van der Waals surface area contributed by atoms with Crippen molar-refractivity contribution in [3.8, 4) is 61.7 Å². The molecule has 7 aromatic carbocycles. The maximum absolute atomic E-state index is 2.64.